The molecule has 2 rings (SSSR count). The second-order valence-electron chi connectivity index (χ2n) is 4.18. The van der Waals surface area contributed by atoms with E-state index in [1.807, 2.05) is 17.0 Å². The first-order valence-corrected chi connectivity index (χ1v) is 5.74. The van der Waals surface area contributed by atoms with E-state index < -0.39 is 0 Å². The summed E-state index contributed by atoms with van der Waals surface area (Å²) in [5.41, 5.74) is 6.66. The number of hydrogen-bond acceptors (Lipinski definition) is 3. The first-order valence-electron chi connectivity index (χ1n) is 5.74. The number of hydrogen-bond donors (Lipinski definition) is 1. The molecule has 1 aromatic rings. The van der Waals surface area contributed by atoms with E-state index in [2.05, 4.69) is 4.98 Å². The lowest BCUT2D eigenvalue weighted by atomic mass is 10.1. The van der Waals surface area contributed by atoms with E-state index in [0.29, 0.717) is 12.2 Å². The number of carbonyl (C=O) groups is 1. The Bertz CT molecular complexity index is 381. The number of nitrogens with zero attached hydrogens (tertiary/aromatic N) is 2. The number of pyridine rings is 1. The summed E-state index contributed by atoms with van der Waals surface area (Å²) in [5, 5.41) is 0. The van der Waals surface area contributed by atoms with E-state index >= 15 is 0 Å². The van der Waals surface area contributed by atoms with Crippen LogP contribution in [0.3, 0.4) is 0 Å². The zero-order valence-corrected chi connectivity index (χ0v) is 11.8. The zero-order chi connectivity index (χ0) is 11.4. The quantitative estimate of drug-likeness (QED) is 0.927. The van der Waals surface area contributed by atoms with Gasteiger partial charge in [0.15, 0.2) is 0 Å². The van der Waals surface area contributed by atoms with Crippen molar-refractivity contribution in [1.29, 1.82) is 0 Å². The fraction of sp³-hybridized carbons (Fsp3) is 0.500. The molecule has 2 heterocycles. The second-order valence-corrected chi connectivity index (χ2v) is 4.18. The molecule has 1 aliphatic rings. The highest BCUT2D eigenvalue weighted by atomic mass is 35.5. The molecule has 1 aliphatic heterocycles. The molecule has 1 amide bonds. The molecule has 4 nitrogen and oxygen atoms in total. The fourth-order valence-electron chi connectivity index (χ4n) is 2.03. The number of nitrogen functional groups attached to an aromatic ring is 1. The van der Waals surface area contributed by atoms with E-state index in [9.17, 15) is 4.79 Å². The number of likely N-dealkylation sites (tertiary alicyclic amines) is 1. The molecule has 2 N–H and O–H groups in total. The molecular weight excluding hydrogens is 273 g/mol. The van der Waals surface area contributed by atoms with Crippen LogP contribution in [0.1, 0.15) is 24.8 Å². The Balaban J connectivity index is 0.00000144. The Labute approximate surface area is 120 Å². The maximum Gasteiger partial charge on any atom is 0.222 e. The summed E-state index contributed by atoms with van der Waals surface area (Å²) >= 11 is 0. The number of anilines is 1. The second kappa shape index (κ2) is 8.16. The standard InChI is InChI=1S/C12H17N3O.2ClH/c13-11-9-10(5-6-14-11)3-4-12(16)15-7-1-2-8-15;;/h5-6,9H,1-4,7-8H2,(H2,13,14);2*1H. The molecule has 1 aromatic heterocycles. The van der Waals surface area contributed by atoms with Gasteiger partial charge in [0.2, 0.25) is 5.91 Å². The summed E-state index contributed by atoms with van der Waals surface area (Å²) in [5.74, 6) is 0.777. The van der Waals surface area contributed by atoms with Crippen LogP contribution >= 0.6 is 24.8 Å². The Morgan fingerprint density at radius 1 is 1.33 bits per heavy atom. The highest BCUT2D eigenvalue weighted by molar-refractivity contribution is 5.85. The van der Waals surface area contributed by atoms with Crippen molar-refractivity contribution in [1.82, 2.24) is 9.88 Å². The molecule has 0 bridgehead atoms. The number of nitrogens with two attached hydrogens (primary N) is 1. The van der Waals surface area contributed by atoms with Crippen LogP contribution in [-0.2, 0) is 11.2 Å². The van der Waals surface area contributed by atoms with Crippen molar-refractivity contribution in [2.24, 2.45) is 0 Å². The molecule has 0 radical (unpaired) electrons. The molecule has 0 unspecified atom stereocenters. The van der Waals surface area contributed by atoms with Crippen LogP contribution in [0, 0.1) is 0 Å². The summed E-state index contributed by atoms with van der Waals surface area (Å²) in [6.07, 6.45) is 5.30. The number of amides is 1. The Morgan fingerprint density at radius 2 is 2.00 bits per heavy atom. The highest BCUT2D eigenvalue weighted by Crippen LogP contribution is 2.11. The predicted octanol–water partition coefficient (Wildman–Crippen LogP) is 2.06. The van der Waals surface area contributed by atoms with E-state index in [1.54, 1.807) is 6.20 Å². The first kappa shape index (κ1) is 17.0. The minimum absolute atomic E-state index is 0. The van der Waals surface area contributed by atoms with E-state index in [4.69, 9.17) is 5.73 Å². The summed E-state index contributed by atoms with van der Waals surface area (Å²) in [6.45, 7) is 1.86. The smallest absolute Gasteiger partial charge is 0.222 e. The summed E-state index contributed by atoms with van der Waals surface area (Å²) < 4.78 is 0. The lowest BCUT2D eigenvalue weighted by Crippen LogP contribution is -2.27. The normalized spacial score (nSPS) is 13.7. The molecule has 0 saturated carbocycles. The molecule has 0 aromatic carbocycles. The van der Waals surface area contributed by atoms with Crippen molar-refractivity contribution >= 4 is 36.5 Å². The van der Waals surface area contributed by atoms with Gasteiger partial charge >= 0.3 is 0 Å². The fourth-order valence-corrected chi connectivity index (χ4v) is 2.03. The number of rotatable bonds is 3. The third-order valence-corrected chi connectivity index (χ3v) is 2.93. The van der Waals surface area contributed by atoms with Crippen LogP contribution in [0.2, 0.25) is 0 Å². The van der Waals surface area contributed by atoms with Gasteiger partial charge in [0.05, 0.1) is 0 Å². The highest BCUT2D eigenvalue weighted by Gasteiger charge is 2.17. The van der Waals surface area contributed by atoms with Crippen molar-refractivity contribution in [3.63, 3.8) is 0 Å². The summed E-state index contributed by atoms with van der Waals surface area (Å²) in [4.78, 5) is 17.7. The van der Waals surface area contributed by atoms with E-state index in [1.165, 1.54) is 0 Å². The van der Waals surface area contributed by atoms with Gasteiger partial charge in [-0.3, -0.25) is 4.79 Å². The topological polar surface area (TPSA) is 59.2 Å². The minimum atomic E-state index is 0. The molecule has 0 atom stereocenters. The average molecular weight is 292 g/mol. The molecule has 1 saturated heterocycles. The molecule has 0 aliphatic carbocycles. The zero-order valence-electron chi connectivity index (χ0n) is 10.2. The molecule has 18 heavy (non-hydrogen) atoms. The number of halogens is 2. The summed E-state index contributed by atoms with van der Waals surface area (Å²) in [7, 11) is 0. The SMILES string of the molecule is Cl.Cl.Nc1cc(CCC(=O)N2CCCC2)ccn1. The minimum Gasteiger partial charge on any atom is -0.384 e. The van der Waals surface area contributed by atoms with Gasteiger partial charge in [-0.05, 0) is 37.0 Å². The van der Waals surface area contributed by atoms with Gasteiger partial charge in [0.25, 0.3) is 0 Å². The van der Waals surface area contributed by atoms with E-state index in [-0.39, 0.29) is 30.7 Å². The number of carbonyl (C=O) groups excluding carboxylic acids is 1. The third kappa shape index (κ3) is 4.70. The van der Waals surface area contributed by atoms with Crippen molar-refractivity contribution in [3.05, 3.63) is 23.9 Å². The van der Waals surface area contributed by atoms with Crippen LogP contribution in [0.15, 0.2) is 18.3 Å². The van der Waals surface area contributed by atoms with Crippen LogP contribution in [-0.4, -0.2) is 28.9 Å². The lowest BCUT2D eigenvalue weighted by Gasteiger charge is -2.14. The van der Waals surface area contributed by atoms with Gasteiger partial charge < -0.3 is 10.6 Å². The van der Waals surface area contributed by atoms with Gasteiger partial charge in [-0.1, -0.05) is 0 Å². The monoisotopic (exact) mass is 291 g/mol. The molecule has 0 spiro atoms. The molecule has 102 valence electrons. The van der Waals surface area contributed by atoms with E-state index in [0.717, 1.165) is 37.9 Å². The Morgan fingerprint density at radius 3 is 2.61 bits per heavy atom. The van der Waals surface area contributed by atoms with Crippen molar-refractivity contribution < 1.29 is 4.79 Å². The van der Waals surface area contributed by atoms with Crippen molar-refractivity contribution in [2.45, 2.75) is 25.7 Å². The number of aryl methyl sites for hydroxylation is 1. The predicted molar refractivity (Wildman–Crippen MR) is 77.3 cm³/mol. The van der Waals surface area contributed by atoms with Crippen molar-refractivity contribution in [3.8, 4) is 0 Å². The number of aromatic nitrogens is 1. The van der Waals surface area contributed by atoms with Crippen LogP contribution in [0.25, 0.3) is 0 Å². The molecule has 6 heteroatoms. The summed E-state index contributed by atoms with van der Waals surface area (Å²) in [6, 6.07) is 3.74. The Kier molecular flexibility index (Phi) is 7.71. The maximum atomic E-state index is 11.8. The first-order chi connectivity index (χ1) is 7.75. The van der Waals surface area contributed by atoms with Crippen LogP contribution in [0.4, 0.5) is 5.82 Å². The molecular formula is C12H19Cl2N3O. The van der Waals surface area contributed by atoms with Gasteiger partial charge in [0, 0.05) is 25.7 Å². The van der Waals surface area contributed by atoms with Gasteiger partial charge in [-0.15, -0.1) is 24.8 Å². The maximum absolute atomic E-state index is 11.8. The Hall–Kier alpha value is -1.00. The third-order valence-electron chi connectivity index (χ3n) is 2.93. The van der Waals surface area contributed by atoms with Crippen molar-refractivity contribution in [2.75, 3.05) is 18.8 Å². The average Bonchev–Trinajstić information content (AvgIpc) is 2.79. The van der Waals surface area contributed by atoms with Gasteiger partial charge in [0.1, 0.15) is 5.82 Å². The van der Waals surface area contributed by atoms with Crippen LogP contribution < -0.4 is 5.73 Å². The largest absolute Gasteiger partial charge is 0.384 e. The molecule has 1 fully saturated rings. The van der Waals surface area contributed by atoms with Crippen LogP contribution in [0.5, 0.6) is 0 Å². The van der Waals surface area contributed by atoms with Gasteiger partial charge in [-0.2, -0.15) is 0 Å². The lowest BCUT2D eigenvalue weighted by molar-refractivity contribution is -0.130. The van der Waals surface area contributed by atoms with Gasteiger partial charge in [-0.25, -0.2) is 4.98 Å².